The molecule has 15 heavy (non-hydrogen) atoms. The summed E-state index contributed by atoms with van der Waals surface area (Å²) in [5.74, 6) is 1.37. The molecular formula is C11H10N2O2. The summed E-state index contributed by atoms with van der Waals surface area (Å²) in [5.41, 5.74) is 0.705. The summed E-state index contributed by atoms with van der Waals surface area (Å²) < 4.78 is 10.1. The second kappa shape index (κ2) is 4.41. The van der Waals surface area contributed by atoms with Crippen LogP contribution in [0.4, 0.5) is 0 Å². The summed E-state index contributed by atoms with van der Waals surface area (Å²) in [4.78, 5) is 0. The van der Waals surface area contributed by atoms with E-state index < -0.39 is 0 Å². The van der Waals surface area contributed by atoms with Crippen molar-refractivity contribution in [2.24, 2.45) is 0 Å². The normalized spacial score (nSPS) is 9.87. The first-order valence-corrected chi connectivity index (χ1v) is 4.51. The Kier molecular flexibility index (Phi) is 2.78. The van der Waals surface area contributed by atoms with Crippen LogP contribution in [-0.4, -0.2) is 10.4 Å². The van der Waals surface area contributed by atoms with Crippen LogP contribution in [-0.2, 0) is 6.42 Å². The fraction of sp³-hybridized carbons (Fsp3) is 0.0909. The number of ether oxygens (including phenoxy) is 1. The van der Waals surface area contributed by atoms with Crippen molar-refractivity contribution >= 4 is 0 Å². The fourth-order valence-electron chi connectivity index (χ4n) is 1.15. The van der Waals surface area contributed by atoms with Crippen LogP contribution in [0.15, 0.2) is 53.5 Å². The van der Waals surface area contributed by atoms with Crippen LogP contribution in [0.3, 0.4) is 0 Å². The van der Waals surface area contributed by atoms with Crippen molar-refractivity contribution in [3.63, 3.8) is 0 Å². The number of hydrogen-bond donors (Lipinski definition) is 0. The lowest BCUT2D eigenvalue weighted by molar-refractivity contribution is 0.392. The van der Waals surface area contributed by atoms with Crippen molar-refractivity contribution in [3.05, 3.63) is 54.6 Å². The molecule has 1 heterocycles. The van der Waals surface area contributed by atoms with Crippen LogP contribution in [0.25, 0.3) is 0 Å². The van der Waals surface area contributed by atoms with Crippen LogP contribution in [0.2, 0.25) is 0 Å². The quantitative estimate of drug-likeness (QED) is 0.713. The molecule has 1 aromatic heterocycles. The van der Waals surface area contributed by atoms with E-state index in [1.165, 1.54) is 6.26 Å². The van der Waals surface area contributed by atoms with Gasteiger partial charge in [0, 0.05) is 5.27 Å². The third-order valence-corrected chi connectivity index (χ3v) is 1.79. The summed E-state index contributed by atoms with van der Waals surface area (Å²) in [5, 5.41) is 7.10. The lowest BCUT2D eigenvalue weighted by Crippen LogP contribution is -1.98. The Balaban J connectivity index is 1.94. The highest BCUT2D eigenvalue weighted by Crippen LogP contribution is 2.13. The lowest BCUT2D eigenvalue weighted by Gasteiger charge is -2.05. The third kappa shape index (κ3) is 2.67. The Morgan fingerprint density at radius 1 is 1.33 bits per heavy atom. The molecule has 0 saturated carbocycles. The molecule has 0 N–H and O–H groups in total. The average Bonchev–Trinajstić information content (AvgIpc) is 2.71. The van der Waals surface area contributed by atoms with E-state index in [2.05, 4.69) is 21.5 Å². The predicted octanol–water partition coefficient (Wildman–Crippen LogP) is 2.20. The van der Waals surface area contributed by atoms with Gasteiger partial charge in [0.05, 0.1) is 6.42 Å². The SMILES string of the molecule is C=C(Cc1conn1)Oc1ccccc1. The van der Waals surface area contributed by atoms with E-state index in [9.17, 15) is 0 Å². The Labute approximate surface area is 87.2 Å². The number of hydrogen-bond acceptors (Lipinski definition) is 4. The molecule has 1 aromatic carbocycles. The first kappa shape index (κ1) is 9.45. The maximum atomic E-state index is 5.48. The topological polar surface area (TPSA) is 48.2 Å². The Morgan fingerprint density at radius 3 is 2.80 bits per heavy atom. The van der Waals surface area contributed by atoms with Gasteiger partial charge in [-0.05, 0) is 12.1 Å². The highest BCUT2D eigenvalue weighted by atomic mass is 16.5. The molecule has 76 valence electrons. The summed E-state index contributed by atoms with van der Waals surface area (Å²) in [6.07, 6.45) is 1.97. The monoisotopic (exact) mass is 202 g/mol. The van der Waals surface area contributed by atoms with Crippen molar-refractivity contribution in [2.45, 2.75) is 6.42 Å². The molecule has 4 heteroatoms. The van der Waals surface area contributed by atoms with Crippen molar-refractivity contribution in [1.29, 1.82) is 0 Å². The molecule has 0 spiro atoms. The van der Waals surface area contributed by atoms with Crippen LogP contribution < -0.4 is 4.74 Å². The second-order valence-corrected chi connectivity index (χ2v) is 3.03. The van der Waals surface area contributed by atoms with E-state index in [0.717, 1.165) is 5.75 Å². The molecule has 4 nitrogen and oxygen atoms in total. The maximum absolute atomic E-state index is 5.48. The van der Waals surface area contributed by atoms with Gasteiger partial charge in [-0.2, -0.15) is 0 Å². The van der Waals surface area contributed by atoms with Crippen LogP contribution >= 0.6 is 0 Å². The van der Waals surface area contributed by atoms with E-state index in [1.807, 2.05) is 30.3 Å². The lowest BCUT2D eigenvalue weighted by atomic mass is 10.3. The van der Waals surface area contributed by atoms with Gasteiger partial charge in [-0.3, -0.25) is 0 Å². The number of rotatable bonds is 4. The maximum Gasteiger partial charge on any atom is 0.148 e. The Hall–Kier alpha value is -2.10. The summed E-state index contributed by atoms with van der Waals surface area (Å²) in [7, 11) is 0. The van der Waals surface area contributed by atoms with Gasteiger partial charge in [-0.1, -0.05) is 24.8 Å². The number of para-hydroxylation sites is 1. The van der Waals surface area contributed by atoms with Gasteiger partial charge in [0.1, 0.15) is 23.5 Å². The van der Waals surface area contributed by atoms with Crippen molar-refractivity contribution in [1.82, 2.24) is 10.4 Å². The molecular weight excluding hydrogens is 192 g/mol. The molecule has 0 atom stereocenters. The van der Waals surface area contributed by atoms with Crippen molar-refractivity contribution in [3.8, 4) is 5.75 Å². The van der Waals surface area contributed by atoms with Gasteiger partial charge in [-0.15, -0.1) is 5.10 Å². The van der Waals surface area contributed by atoms with Crippen LogP contribution in [0.5, 0.6) is 5.75 Å². The molecule has 2 rings (SSSR count). The molecule has 0 radical (unpaired) electrons. The van der Waals surface area contributed by atoms with Gasteiger partial charge in [0.15, 0.2) is 0 Å². The molecule has 0 fully saturated rings. The van der Waals surface area contributed by atoms with Crippen LogP contribution in [0, 0.1) is 0 Å². The Bertz CT molecular complexity index is 423. The van der Waals surface area contributed by atoms with E-state index in [1.54, 1.807) is 0 Å². The molecule has 0 saturated heterocycles. The molecule has 0 unspecified atom stereocenters. The zero-order valence-corrected chi connectivity index (χ0v) is 8.09. The minimum Gasteiger partial charge on any atom is -0.462 e. The van der Waals surface area contributed by atoms with Gasteiger partial charge in [0.25, 0.3) is 0 Å². The molecule has 2 aromatic rings. The van der Waals surface area contributed by atoms with Gasteiger partial charge in [0.2, 0.25) is 0 Å². The summed E-state index contributed by atoms with van der Waals surface area (Å²) >= 11 is 0. The predicted molar refractivity (Wildman–Crippen MR) is 54.2 cm³/mol. The minimum absolute atomic E-state index is 0.498. The largest absolute Gasteiger partial charge is 0.462 e. The van der Waals surface area contributed by atoms with Gasteiger partial charge >= 0.3 is 0 Å². The van der Waals surface area contributed by atoms with Gasteiger partial charge < -0.3 is 9.26 Å². The Morgan fingerprint density at radius 2 is 2.13 bits per heavy atom. The zero-order chi connectivity index (χ0) is 10.5. The van der Waals surface area contributed by atoms with Crippen molar-refractivity contribution < 1.29 is 9.26 Å². The smallest absolute Gasteiger partial charge is 0.148 e. The summed E-state index contributed by atoms with van der Waals surface area (Å²) in [6.45, 7) is 3.79. The number of benzene rings is 1. The highest BCUT2D eigenvalue weighted by molar-refractivity contribution is 5.23. The highest BCUT2D eigenvalue weighted by Gasteiger charge is 2.03. The van der Waals surface area contributed by atoms with E-state index in [4.69, 9.17) is 4.74 Å². The van der Waals surface area contributed by atoms with Crippen molar-refractivity contribution in [2.75, 3.05) is 0 Å². The van der Waals surface area contributed by atoms with E-state index in [-0.39, 0.29) is 0 Å². The zero-order valence-electron chi connectivity index (χ0n) is 8.09. The van der Waals surface area contributed by atoms with E-state index >= 15 is 0 Å². The minimum atomic E-state index is 0.498. The molecule has 0 amide bonds. The van der Waals surface area contributed by atoms with Gasteiger partial charge in [-0.25, -0.2) is 0 Å². The number of aromatic nitrogens is 2. The second-order valence-electron chi connectivity index (χ2n) is 3.03. The first-order valence-electron chi connectivity index (χ1n) is 4.51. The fourth-order valence-corrected chi connectivity index (χ4v) is 1.15. The molecule has 0 aliphatic carbocycles. The number of nitrogens with zero attached hydrogens (tertiary/aromatic N) is 2. The standard InChI is InChI=1S/C11H10N2O2/c1-9(7-10-8-14-13-12-10)15-11-5-3-2-4-6-11/h2-6,8H,1,7H2. The average molecular weight is 202 g/mol. The molecule has 0 aliphatic rings. The molecule has 0 bridgehead atoms. The van der Waals surface area contributed by atoms with Crippen LogP contribution in [0.1, 0.15) is 5.69 Å². The number of allylic oxidation sites excluding steroid dienone is 1. The summed E-state index contributed by atoms with van der Waals surface area (Å²) in [6, 6.07) is 9.47. The third-order valence-electron chi connectivity index (χ3n) is 1.79. The first-order chi connectivity index (χ1) is 7.34. The van der Waals surface area contributed by atoms with E-state index in [0.29, 0.717) is 17.9 Å². The molecule has 0 aliphatic heterocycles.